The van der Waals surface area contributed by atoms with Crippen molar-refractivity contribution in [2.75, 3.05) is 41.7 Å². The molecule has 0 aliphatic carbocycles. The zero-order valence-corrected chi connectivity index (χ0v) is 16.2. The van der Waals surface area contributed by atoms with Gasteiger partial charge in [-0.05, 0) is 35.4 Å². The average molecular weight is 370 g/mol. The van der Waals surface area contributed by atoms with Crippen molar-refractivity contribution in [3.8, 4) is 23.0 Å². The molecule has 0 bridgehead atoms. The van der Waals surface area contributed by atoms with E-state index < -0.39 is 0 Å². The third-order valence-electron chi connectivity index (χ3n) is 3.86. The lowest BCUT2D eigenvalue weighted by Gasteiger charge is -2.07. The van der Waals surface area contributed by atoms with Crippen LogP contribution in [-0.2, 0) is 4.74 Å². The second kappa shape index (κ2) is 10.9. The van der Waals surface area contributed by atoms with E-state index in [-0.39, 0.29) is 0 Å². The lowest BCUT2D eigenvalue weighted by molar-refractivity contribution is 0.195. The van der Waals surface area contributed by atoms with Crippen molar-refractivity contribution in [3.05, 3.63) is 59.7 Å². The molecule has 0 radical (unpaired) electrons. The van der Waals surface area contributed by atoms with Gasteiger partial charge in [-0.15, -0.1) is 0 Å². The Bertz CT molecular complexity index is 715. The highest BCUT2D eigenvalue weighted by molar-refractivity contribution is 5.56. The topological polar surface area (TPSA) is 46.2 Å². The molecule has 2 aromatic rings. The summed E-state index contributed by atoms with van der Waals surface area (Å²) in [5.74, 6) is 2.84. The first-order chi connectivity index (χ1) is 13.2. The monoisotopic (exact) mass is 370 g/mol. The minimum absolute atomic E-state index is 0.518. The summed E-state index contributed by atoms with van der Waals surface area (Å²) in [6.45, 7) is 1.04. The summed E-state index contributed by atoms with van der Waals surface area (Å²) >= 11 is 0. The molecule has 0 spiro atoms. The van der Waals surface area contributed by atoms with Crippen LogP contribution in [0.1, 0.15) is 11.1 Å². The van der Waals surface area contributed by atoms with Gasteiger partial charge >= 0.3 is 0 Å². The highest BCUT2D eigenvalue weighted by Gasteiger charge is 2.03. The molecule has 0 fully saturated rings. The zero-order valence-electron chi connectivity index (χ0n) is 16.2. The number of rotatable bonds is 10. The fraction of sp³-hybridized carbons (Fsp3) is 0.273. The van der Waals surface area contributed by atoms with Gasteiger partial charge in [0.25, 0.3) is 0 Å². The number of ether oxygens (including phenoxy) is 5. The van der Waals surface area contributed by atoms with Crippen molar-refractivity contribution in [1.29, 1.82) is 0 Å². The minimum Gasteiger partial charge on any atom is -0.493 e. The third-order valence-corrected chi connectivity index (χ3v) is 3.86. The van der Waals surface area contributed by atoms with Crippen LogP contribution in [-0.4, -0.2) is 41.7 Å². The molecule has 0 heterocycles. The van der Waals surface area contributed by atoms with E-state index in [0.29, 0.717) is 36.2 Å². The summed E-state index contributed by atoms with van der Waals surface area (Å²) < 4.78 is 26.6. The van der Waals surface area contributed by atoms with Crippen molar-refractivity contribution in [1.82, 2.24) is 0 Å². The molecule has 2 aromatic carbocycles. The van der Waals surface area contributed by atoms with Crippen molar-refractivity contribution >= 4 is 12.2 Å². The third kappa shape index (κ3) is 6.08. The smallest absolute Gasteiger partial charge is 0.161 e. The van der Waals surface area contributed by atoms with Crippen molar-refractivity contribution in [3.63, 3.8) is 0 Å². The predicted molar refractivity (Wildman–Crippen MR) is 108 cm³/mol. The van der Waals surface area contributed by atoms with Gasteiger partial charge in [0.05, 0.1) is 41.7 Å². The van der Waals surface area contributed by atoms with Crippen molar-refractivity contribution in [2.24, 2.45) is 0 Å². The fourth-order valence-corrected chi connectivity index (χ4v) is 2.49. The van der Waals surface area contributed by atoms with Gasteiger partial charge in [-0.1, -0.05) is 36.4 Å². The lowest BCUT2D eigenvalue weighted by atomic mass is 10.2. The first kappa shape index (κ1) is 20.4. The first-order valence-electron chi connectivity index (χ1n) is 8.56. The van der Waals surface area contributed by atoms with Gasteiger partial charge in [0, 0.05) is 0 Å². The van der Waals surface area contributed by atoms with Gasteiger partial charge in [0.15, 0.2) is 23.0 Å². The Morgan fingerprint density at radius 2 is 1.00 bits per heavy atom. The highest BCUT2D eigenvalue weighted by Crippen LogP contribution is 2.28. The number of hydrogen-bond donors (Lipinski definition) is 0. The van der Waals surface area contributed by atoms with Crippen LogP contribution in [0.3, 0.4) is 0 Å². The maximum absolute atomic E-state index is 5.59. The summed E-state index contributed by atoms with van der Waals surface area (Å²) in [7, 11) is 6.49. The van der Waals surface area contributed by atoms with Gasteiger partial charge in [-0.3, -0.25) is 0 Å². The molecular formula is C22H26O5. The molecule has 0 saturated heterocycles. The second-order valence-electron chi connectivity index (χ2n) is 5.57. The fourth-order valence-electron chi connectivity index (χ4n) is 2.49. The lowest BCUT2D eigenvalue weighted by Crippen LogP contribution is -1.92. The highest BCUT2D eigenvalue weighted by atomic mass is 16.5. The van der Waals surface area contributed by atoms with Crippen molar-refractivity contribution < 1.29 is 23.7 Å². The van der Waals surface area contributed by atoms with Crippen molar-refractivity contribution in [2.45, 2.75) is 0 Å². The molecule has 0 atom stereocenters. The van der Waals surface area contributed by atoms with Crippen LogP contribution in [0, 0.1) is 0 Å². The Morgan fingerprint density at radius 3 is 1.37 bits per heavy atom. The maximum atomic E-state index is 5.59. The Labute approximate surface area is 160 Å². The molecule has 0 N–H and O–H groups in total. The molecule has 0 amide bonds. The molecule has 0 aromatic heterocycles. The molecule has 5 heteroatoms. The Kier molecular flexibility index (Phi) is 8.26. The molecule has 0 aliphatic rings. The number of hydrogen-bond acceptors (Lipinski definition) is 5. The van der Waals surface area contributed by atoms with Crippen LogP contribution in [0.25, 0.3) is 12.2 Å². The maximum Gasteiger partial charge on any atom is 0.161 e. The van der Waals surface area contributed by atoms with E-state index in [1.165, 1.54) is 0 Å². The summed E-state index contributed by atoms with van der Waals surface area (Å²) in [6.07, 6.45) is 7.90. The molecule has 0 aliphatic heterocycles. The molecule has 27 heavy (non-hydrogen) atoms. The molecule has 2 rings (SSSR count). The van der Waals surface area contributed by atoms with Gasteiger partial charge < -0.3 is 23.7 Å². The largest absolute Gasteiger partial charge is 0.493 e. The van der Waals surface area contributed by atoms with E-state index in [2.05, 4.69) is 0 Å². The Morgan fingerprint density at radius 1 is 0.593 bits per heavy atom. The van der Waals surface area contributed by atoms with Crippen LogP contribution in [0.5, 0.6) is 23.0 Å². The Hall–Kier alpha value is -2.92. The molecule has 0 unspecified atom stereocenters. The zero-order chi connectivity index (χ0) is 19.5. The number of benzene rings is 2. The van der Waals surface area contributed by atoms with Crippen LogP contribution in [0.4, 0.5) is 0 Å². The van der Waals surface area contributed by atoms with E-state index in [1.54, 1.807) is 28.4 Å². The standard InChI is InChI=1S/C22H26O5/c1-23-19-11-9-17(15-21(19)25-3)7-5-13-27-14-6-8-18-10-12-20(24-2)22(16-18)26-4/h5-12,15-16H,13-14H2,1-4H3/b7-5+,8-6+. The van der Waals surface area contributed by atoms with Crippen LogP contribution >= 0.6 is 0 Å². The van der Waals surface area contributed by atoms with E-state index in [9.17, 15) is 0 Å². The summed E-state index contributed by atoms with van der Waals surface area (Å²) in [4.78, 5) is 0. The SMILES string of the molecule is COc1ccc(/C=C/COC/C=C/c2ccc(OC)c(OC)c2)cc1OC. The first-order valence-corrected chi connectivity index (χ1v) is 8.56. The van der Waals surface area contributed by atoms with E-state index >= 15 is 0 Å². The van der Waals surface area contributed by atoms with Crippen LogP contribution < -0.4 is 18.9 Å². The summed E-state index contributed by atoms with van der Waals surface area (Å²) in [6, 6.07) is 11.5. The summed E-state index contributed by atoms with van der Waals surface area (Å²) in [5.41, 5.74) is 2.05. The van der Waals surface area contributed by atoms with E-state index in [1.807, 2.05) is 60.7 Å². The van der Waals surface area contributed by atoms with Gasteiger partial charge in [0.2, 0.25) is 0 Å². The molecule has 144 valence electrons. The van der Waals surface area contributed by atoms with Gasteiger partial charge in [-0.25, -0.2) is 0 Å². The summed E-state index contributed by atoms with van der Waals surface area (Å²) in [5, 5.41) is 0. The van der Waals surface area contributed by atoms with E-state index in [4.69, 9.17) is 23.7 Å². The Balaban J connectivity index is 1.80. The molecular weight excluding hydrogens is 344 g/mol. The predicted octanol–water partition coefficient (Wildman–Crippen LogP) is 4.46. The van der Waals surface area contributed by atoms with Crippen LogP contribution in [0.15, 0.2) is 48.6 Å². The second-order valence-corrected chi connectivity index (χ2v) is 5.57. The van der Waals surface area contributed by atoms with E-state index in [0.717, 1.165) is 11.1 Å². The number of methoxy groups -OCH3 is 4. The quantitative estimate of drug-likeness (QED) is 0.578. The molecule has 5 nitrogen and oxygen atoms in total. The minimum atomic E-state index is 0.518. The normalized spacial score (nSPS) is 11.1. The molecule has 0 saturated carbocycles. The van der Waals surface area contributed by atoms with Gasteiger partial charge in [-0.2, -0.15) is 0 Å². The average Bonchev–Trinajstić information content (AvgIpc) is 2.72. The van der Waals surface area contributed by atoms with Gasteiger partial charge in [0.1, 0.15) is 0 Å². The van der Waals surface area contributed by atoms with Crippen LogP contribution in [0.2, 0.25) is 0 Å².